The van der Waals surface area contributed by atoms with Gasteiger partial charge in [0.15, 0.2) is 0 Å². The molecular formula is C11H15ClFNO2. The van der Waals surface area contributed by atoms with Crippen molar-refractivity contribution in [1.82, 2.24) is 5.32 Å². The molecule has 16 heavy (non-hydrogen) atoms. The van der Waals surface area contributed by atoms with Crippen LogP contribution in [0.25, 0.3) is 0 Å². The smallest absolute Gasteiger partial charge is 0.303 e. The molecule has 0 aliphatic rings. The average molecular weight is 248 g/mol. The molecule has 0 heterocycles. The van der Waals surface area contributed by atoms with E-state index in [-0.39, 0.29) is 24.6 Å². The number of aliphatic carboxylic acids is 1. The van der Waals surface area contributed by atoms with Gasteiger partial charge in [0, 0.05) is 13.0 Å². The SMILES string of the molecule is Cl.O=C(O)CCCNCc1cccc(F)c1. The molecule has 0 atom stereocenters. The maximum atomic E-state index is 12.7. The van der Waals surface area contributed by atoms with Crippen LogP contribution in [0.1, 0.15) is 18.4 Å². The molecule has 5 heteroatoms. The van der Waals surface area contributed by atoms with Gasteiger partial charge in [0.2, 0.25) is 0 Å². The zero-order valence-corrected chi connectivity index (χ0v) is 9.60. The lowest BCUT2D eigenvalue weighted by Gasteiger charge is -2.03. The van der Waals surface area contributed by atoms with Gasteiger partial charge < -0.3 is 10.4 Å². The largest absolute Gasteiger partial charge is 0.481 e. The summed E-state index contributed by atoms with van der Waals surface area (Å²) in [4.78, 5) is 10.2. The second kappa shape index (κ2) is 8.07. The third-order valence-corrected chi connectivity index (χ3v) is 1.96. The molecule has 0 saturated carbocycles. The highest BCUT2D eigenvalue weighted by molar-refractivity contribution is 5.85. The Morgan fingerprint density at radius 3 is 2.81 bits per heavy atom. The summed E-state index contributed by atoms with van der Waals surface area (Å²) in [5.41, 5.74) is 0.866. The normalized spacial score (nSPS) is 9.56. The van der Waals surface area contributed by atoms with Crippen molar-refractivity contribution in [2.24, 2.45) is 0 Å². The molecule has 0 amide bonds. The first-order valence-electron chi connectivity index (χ1n) is 4.85. The minimum atomic E-state index is -0.789. The van der Waals surface area contributed by atoms with E-state index in [2.05, 4.69) is 5.32 Å². The quantitative estimate of drug-likeness (QED) is 0.758. The van der Waals surface area contributed by atoms with Crippen LogP contribution in [-0.2, 0) is 11.3 Å². The van der Waals surface area contributed by atoms with Crippen molar-refractivity contribution in [2.75, 3.05) is 6.54 Å². The van der Waals surface area contributed by atoms with E-state index in [0.717, 1.165) is 5.56 Å². The fourth-order valence-corrected chi connectivity index (χ4v) is 1.24. The summed E-state index contributed by atoms with van der Waals surface area (Å²) in [5.74, 6) is -1.04. The Morgan fingerprint density at radius 1 is 1.44 bits per heavy atom. The number of hydrogen-bond acceptors (Lipinski definition) is 2. The fraction of sp³-hybridized carbons (Fsp3) is 0.364. The summed E-state index contributed by atoms with van der Waals surface area (Å²) in [6.45, 7) is 1.19. The minimum Gasteiger partial charge on any atom is -0.481 e. The fourth-order valence-electron chi connectivity index (χ4n) is 1.24. The second-order valence-corrected chi connectivity index (χ2v) is 3.30. The third kappa shape index (κ3) is 6.37. The molecular weight excluding hydrogens is 233 g/mol. The van der Waals surface area contributed by atoms with Gasteiger partial charge in [0.05, 0.1) is 0 Å². The van der Waals surface area contributed by atoms with Crippen molar-refractivity contribution >= 4 is 18.4 Å². The van der Waals surface area contributed by atoms with Gasteiger partial charge in [-0.25, -0.2) is 4.39 Å². The number of rotatable bonds is 6. The van der Waals surface area contributed by atoms with E-state index in [0.29, 0.717) is 19.5 Å². The van der Waals surface area contributed by atoms with Gasteiger partial charge in [-0.05, 0) is 30.7 Å². The molecule has 3 nitrogen and oxygen atoms in total. The molecule has 0 unspecified atom stereocenters. The van der Waals surface area contributed by atoms with E-state index < -0.39 is 5.97 Å². The number of halogens is 2. The standard InChI is InChI=1S/C11H14FNO2.ClH/c12-10-4-1-3-9(7-10)8-13-6-2-5-11(14)15;/h1,3-4,7,13H,2,5-6,8H2,(H,14,15);1H. The molecule has 0 fully saturated rings. The van der Waals surface area contributed by atoms with Gasteiger partial charge in [0.1, 0.15) is 5.82 Å². The number of nitrogens with one attached hydrogen (secondary N) is 1. The Morgan fingerprint density at radius 2 is 2.19 bits per heavy atom. The molecule has 0 radical (unpaired) electrons. The molecule has 0 aliphatic heterocycles. The first-order chi connectivity index (χ1) is 7.18. The van der Waals surface area contributed by atoms with Crippen LogP contribution >= 0.6 is 12.4 Å². The van der Waals surface area contributed by atoms with Crippen molar-refractivity contribution in [3.63, 3.8) is 0 Å². The molecule has 0 saturated heterocycles. The zero-order chi connectivity index (χ0) is 11.1. The molecule has 0 spiro atoms. The van der Waals surface area contributed by atoms with Crippen molar-refractivity contribution in [2.45, 2.75) is 19.4 Å². The predicted octanol–water partition coefficient (Wildman–Crippen LogP) is 2.20. The van der Waals surface area contributed by atoms with Gasteiger partial charge in [0.25, 0.3) is 0 Å². The second-order valence-electron chi connectivity index (χ2n) is 3.30. The van der Waals surface area contributed by atoms with Crippen molar-refractivity contribution in [3.05, 3.63) is 35.6 Å². The predicted molar refractivity (Wildman–Crippen MR) is 62.2 cm³/mol. The van der Waals surface area contributed by atoms with E-state index in [9.17, 15) is 9.18 Å². The summed E-state index contributed by atoms with van der Waals surface area (Å²) in [5, 5.41) is 11.4. The number of benzene rings is 1. The summed E-state index contributed by atoms with van der Waals surface area (Å²) in [7, 11) is 0. The average Bonchev–Trinajstić information content (AvgIpc) is 2.17. The summed E-state index contributed by atoms with van der Waals surface area (Å²) in [6, 6.07) is 6.34. The highest BCUT2D eigenvalue weighted by atomic mass is 35.5. The van der Waals surface area contributed by atoms with Crippen LogP contribution < -0.4 is 5.32 Å². The molecule has 1 aromatic rings. The van der Waals surface area contributed by atoms with Crippen LogP contribution in [0.5, 0.6) is 0 Å². The van der Waals surface area contributed by atoms with Crippen molar-refractivity contribution in [1.29, 1.82) is 0 Å². The minimum absolute atomic E-state index is 0. The van der Waals surface area contributed by atoms with Crippen LogP contribution in [0.3, 0.4) is 0 Å². The van der Waals surface area contributed by atoms with Crippen molar-refractivity contribution in [3.8, 4) is 0 Å². The lowest BCUT2D eigenvalue weighted by molar-refractivity contribution is -0.137. The number of hydrogen-bond donors (Lipinski definition) is 2. The van der Waals surface area contributed by atoms with Crippen LogP contribution in [-0.4, -0.2) is 17.6 Å². The maximum absolute atomic E-state index is 12.7. The molecule has 2 N–H and O–H groups in total. The molecule has 1 aromatic carbocycles. The maximum Gasteiger partial charge on any atom is 0.303 e. The van der Waals surface area contributed by atoms with E-state index in [1.54, 1.807) is 6.07 Å². The van der Waals surface area contributed by atoms with Gasteiger partial charge in [-0.3, -0.25) is 4.79 Å². The van der Waals surface area contributed by atoms with Gasteiger partial charge >= 0.3 is 5.97 Å². The Balaban J connectivity index is 0.00000225. The number of carbonyl (C=O) groups is 1. The van der Waals surface area contributed by atoms with Crippen molar-refractivity contribution < 1.29 is 14.3 Å². The van der Waals surface area contributed by atoms with E-state index in [1.165, 1.54) is 12.1 Å². The van der Waals surface area contributed by atoms with Gasteiger partial charge in [-0.2, -0.15) is 0 Å². The topological polar surface area (TPSA) is 49.3 Å². The molecule has 0 aliphatic carbocycles. The van der Waals surface area contributed by atoms with Crippen LogP contribution in [0.15, 0.2) is 24.3 Å². The molecule has 0 aromatic heterocycles. The van der Waals surface area contributed by atoms with Gasteiger partial charge in [-0.15, -0.1) is 12.4 Å². The van der Waals surface area contributed by atoms with E-state index in [4.69, 9.17) is 5.11 Å². The molecule has 1 rings (SSSR count). The summed E-state index contributed by atoms with van der Waals surface area (Å²) >= 11 is 0. The van der Waals surface area contributed by atoms with Gasteiger partial charge in [-0.1, -0.05) is 12.1 Å². The summed E-state index contributed by atoms with van der Waals surface area (Å²) in [6.07, 6.45) is 0.751. The zero-order valence-electron chi connectivity index (χ0n) is 8.78. The first kappa shape index (κ1) is 14.9. The Hall–Kier alpha value is -1.13. The Labute approximate surface area is 100 Å². The third-order valence-electron chi connectivity index (χ3n) is 1.96. The molecule has 90 valence electrons. The Kier molecular flexibility index (Phi) is 7.50. The van der Waals surface area contributed by atoms with E-state index >= 15 is 0 Å². The highest BCUT2D eigenvalue weighted by Gasteiger charge is 1.97. The van der Waals surface area contributed by atoms with Crippen LogP contribution in [0, 0.1) is 5.82 Å². The van der Waals surface area contributed by atoms with Crippen LogP contribution in [0.4, 0.5) is 4.39 Å². The number of carboxylic acid groups (broad SMARTS) is 1. The first-order valence-corrected chi connectivity index (χ1v) is 4.85. The monoisotopic (exact) mass is 247 g/mol. The molecule has 0 bridgehead atoms. The lowest BCUT2D eigenvalue weighted by Crippen LogP contribution is -2.15. The number of carboxylic acids is 1. The highest BCUT2D eigenvalue weighted by Crippen LogP contribution is 2.02. The lowest BCUT2D eigenvalue weighted by atomic mass is 10.2. The van der Waals surface area contributed by atoms with Crippen LogP contribution in [0.2, 0.25) is 0 Å². The summed E-state index contributed by atoms with van der Waals surface area (Å²) < 4.78 is 12.7. The van der Waals surface area contributed by atoms with E-state index in [1.807, 2.05) is 6.07 Å². The Bertz CT molecular complexity index is 334.